The van der Waals surface area contributed by atoms with Crippen molar-refractivity contribution < 1.29 is 22.8 Å². The number of hydrogen-bond acceptors (Lipinski definition) is 5. The van der Waals surface area contributed by atoms with Gasteiger partial charge in [-0.2, -0.15) is 0 Å². The fraction of sp³-hybridized carbons (Fsp3) is 0.938. The third-order valence-corrected chi connectivity index (χ3v) is 6.70. The van der Waals surface area contributed by atoms with E-state index in [0.717, 1.165) is 25.3 Å². The highest BCUT2D eigenvalue weighted by molar-refractivity contribution is 6.60. The number of unbranched alkanes of at least 4 members (excludes halogenated alkanes) is 8. The standard InChI is InChI=1S/C16H34O5Si/c1-16(17)21-14-12-10-8-6-5-7-9-11-13-15-22(18-2,19-3)20-4/h5-15H2,1-4H3. The molecule has 0 atom stereocenters. The quantitative estimate of drug-likeness (QED) is 0.258. The second-order valence-electron chi connectivity index (χ2n) is 5.57. The van der Waals surface area contributed by atoms with E-state index < -0.39 is 8.80 Å². The van der Waals surface area contributed by atoms with E-state index in [4.69, 9.17) is 18.0 Å². The first-order valence-corrected chi connectivity index (χ1v) is 10.3. The maximum absolute atomic E-state index is 10.6. The third kappa shape index (κ3) is 11.2. The Bertz CT molecular complexity index is 261. The molecule has 0 unspecified atom stereocenters. The number of carbonyl (C=O) groups excluding carboxylic acids is 1. The van der Waals surface area contributed by atoms with Gasteiger partial charge in [-0.1, -0.05) is 44.9 Å². The lowest BCUT2D eigenvalue weighted by Crippen LogP contribution is -2.42. The van der Waals surface area contributed by atoms with Gasteiger partial charge in [-0.25, -0.2) is 0 Å². The molecule has 0 N–H and O–H groups in total. The summed E-state index contributed by atoms with van der Waals surface area (Å²) in [7, 11) is 2.65. The zero-order chi connectivity index (χ0) is 16.7. The van der Waals surface area contributed by atoms with Gasteiger partial charge in [-0.15, -0.1) is 0 Å². The summed E-state index contributed by atoms with van der Waals surface area (Å²) in [4.78, 5) is 10.6. The lowest BCUT2D eigenvalue weighted by molar-refractivity contribution is -0.141. The maximum atomic E-state index is 10.6. The highest BCUT2D eigenvalue weighted by Gasteiger charge is 2.36. The molecule has 0 fully saturated rings. The van der Waals surface area contributed by atoms with Crippen LogP contribution in [0.5, 0.6) is 0 Å². The molecule has 0 aromatic heterocycles. The molecule has 0 aliphatic heterocycles. The van der Waals surface area contributed by atoms with E-state index in [1.54, 1.807) is 21.3 Å². The van der Waals surface area contributed by atoms with Crippen LogP contribution in [0.4, 0.5) is 0 Å². The van der Waals surface area contributed by atoms with Crippen molar-refractivity contribution in [3.05, 3.63) is 0 Å². The lowest BCUT2D eigenvalue weighted by Gasteiger charge is -2.24. The van der Waals surface area contributed by atoms with Gasteiger partial charge in [0.2, 0.25) is 0 Å². The average molecular weight is 335 g/mol. The van der Waals surface area contributed by atoms with Crippen molar-refractivity contribution in [3.63, 3.8) is 0 Å². The fourth-order valence-electron chi connectivity index (χ4n) is 2.45. The number of hydrogen-bond donors (Lipinski definition) is 0. The van der Waals surface area contributed by atoms with E-state index in [1.807, 2.05) is 0 Å². The van der Waals surface area contributed by atoms with Crippen LogP contribution in [0.25, 0.3) is 0 Å². The summed E-state index contributed by atoms with van der Waals surface area (Å²) in [6.45, 7) is 2.03. The SMILES string of the molecule is CO[Si](CCCCCCCCCCCOC(C)=O)(OC)OC. The van der Waals surface area contributed by atoms with Crippen molar-refractivity contribution in [1.29, 1.82) is 0 Å². The Morgan fingerprint density at radius 3 is 1.55 bits per heavy atom. The van der Waals surface area contributed by atoms with Crippen LogP contribution in [0.1, 0.15) is 64.7 Å². The average Bonchev–Trinajstić information content (AvgIpc) is 2.52. The second-order valence-corrected chi connectivity index (χ2v) is 8.66. The Hall–Kier alpha value is -0.433. The van der Waals surface area contributed by atoms with Gasteiger partial charge in [-0.05, 0) is 12.8 Å². The molecule has 6 heteroatoms. The van der Waals surface area contributed by atoms with Crippen LogP contribution in [-0.4, -0.2) is 42.7 Å². The van der Waals surface area contributed by atoms with Gasteiger partial charge in [0, 0.05) is 34.3 Å². The summed E-state index contributed by atoms with van der Waals surface area (Å²) >= 11 is 0. The number of esters is 1. The molecule has 0 amide bonds. The zero-order valence-electron chi connectivity index (χ0n) is 14.8. The Morgan fingerprint density at radius 2 is 1.14 bits per heavy atom. The lowest BCUT2D eigenvalue weighted by atomic mass is 10.1. The molecule has 0 aromatic rings. The molecule has 0 aliphatic rings. The van der Waals surface area contributed by atoms with Gasteiger partial charge in [0.05, 0.1) is 6.61 Å². The van der Waals surface area contributed by atoms with Gasteiger partial charge in [0.25, 0.3) is 0 Å². The number of carbonyl (C=O) groups is 1. The van der Waals surface area contributed by atoms with Crippen molar-refractivity contribution in [3.8, 4) is 0 Å². The Kier molecular flexibility index (Phi) is 13.9. The van der Waals surface area contributed by atoms with Gasteiger partial charge in [-0.3, -0.25) is 4.79 Å². The van der Waals surface area contributed by atoms with Gasteiger partial charge < -0.3 is 18.0 Å². The van der Waals surface area contributed by atoms with Crippen LogP contribution < -0.4 is 0 Å². The van der Waals surface area contributed by atoms with E-state index in [2.05, 4.69) is 0 Å². The van der Waals surface area contributed by atoms with Crippen molar-refractivity contribution in [2.75, 3.05) is 27.9 Å². The molecule has 132 valence electrons. The molecule has 0 saturated carbocycles. The van der Waals surface area contributed by atoms with Crippen LogP contribution in [0.15, 0.2) is 0 Å². The Balaban J connectivity index is 3.32. The molecule has 0 rings (SSSR count). The highest BCUT2D eigenvalue weighted by Crippen LogP contribution is 2.18. The van der Waals surface area contributed by atoms with Crippen molar-refractivity contribution in [1.82, 2.24) is 0 Å². The minimum atomic E-state index is -2.36. The maximum Gasteiger partial charge on any atom is 0.500 e. The first kappa shape index (κ1) is 21.6. The third-order valence-electron chi connectivity index (χ3n) is 3.87. The van der Waals surface area contributed by atoms with E-state index >= 15 is 0 Å². The predicted molar refractivity (Wildman–Crippen MR) is 89.8 cm³/mol. The van der Waals surface area contributed by atoms with Crippen molar-refractivity contribution in [2.45, 2.75) is 70.8 Å². The second kappa shape index (κ2) is 14.2. The first-order chi connectivity index (χ1) is 10.6. The summed E-state index contributed by atoms with van der Waals surface area (Å²) in [5, 5.41) is 0. The Morgan fingerprint density at radius 1 is 0.727 bits per heavy atom. The van der Waals surface area contributed by atoms with E-state index in [0.29, 0.717) is 6.61 Å². The van der Waals surface area contributed by atoms with Crippen LogP contribution in [-0.2, 0) is 22.8 Å². The molecule has 0 bridgehead atoms. The molecule has 0 saturated heterocycles. The molecule has 22 heavy (non-hydrogen) atoms. The molecule has 0 aromatic carbocycles. The minimum Gasteiger partial charge on any atom is -0.466 e. The molecule has 5 nitrogen and oxygen atoms in total. The number of rotatable bonds is 15. The fourth-order valence-corrected chi connectivity index (χ4v) is 4.25. The smallest absolute Gasteiger partial charge is 0.466 e. The van der Waals surface area contributed by atoms with E-state index in [-0.39, 0.29) is 5.97 Å². The van der Waals surface area contributed by atoms with Crippen LogP contribution in [0, 0.1) is 0 Å². The van der Waals surface area contributed by atoms with E-state index in [1.165, 1.54) is 45.4 Å². The zero-order valence-corrected chi connectivity index (χ0v) is 15.8. The molecule has 0 heterocycles. The minimum absolute atomic E-state index is 0.178. The molecular weight excluding hydrogens is 300 g/mol. The molecular formula is C16H34O5Si. The summed E-state index contributed by atoms with van der Waals surface area (Å²) in [6.07, 6.45) is 10.8. The summed E-state index contributed by atoms with van der Waals surface area (Å²) in [5.41, 5.74) is 0. The summed E-state index contributed by atoms with van der Waals surface area (Å²) in [5.74, 6) is -0.178. The first-order valence-electron chi connectivity index (χ1n) is 8.39. The highest BCUT2D eigenvalue weighted by atomic mass is 28.4. The Labute approximate surface area is 137 Å². The molecule has 0 aliphatic carbocycles. The van der Waals surface area contributed by atoms with E-state index in [9.17, 15) is 4.79 Å². The monoisotopic (exact) mass is 334 g/mol. The largest absolute Gasteiger partial charge is 0.500 e. The topological polar surface area (TPSA) is 54.0 Å². The van der Waals surface area contributed by atoms with Gasteiger partial charge >= 0.3 is 14.8 Å². The number of ether oxygens (including phenoxy) is 1. The van der Waals surface area contributed by atoms with Crippen LogP contribution in [0.3, 0.4) is 0 Å². The van der Waals surface area contributed by atoms with Gasteiger partial charge in [0.15, 0.2) is 0 Å². The normalized spacial score (nSPS) is 11.6. The molecule has 0 radical (unpaired) electrons. The summed E-state index contributed by atoms with van der Waals surface area (Å²) in [6, 6.07) is 0.895. The van der Waals surface area contributed by atoms with Crippen LogP contribution in [0.2, 0.25) is 6.04 Å². The van der Waals surface area contributed by atoms with Crippen molar-refractivity contribution >= 4 is 14.8 Å². The van der Waals surface area contributed by atoms with Crippen molar-refractivity contribution in [2.24, 2.45) is 0 Å². The summed E-state index contributed by atoms with van der Waals surface area (Å²) < 4.78 is 21.1. The van der Waals surface area contributed by atoms with Crippen LogP contribution >= 0.6 is 0 Å². The molecule has 0 spiro atoms. The predicted octanol–water partition coefficient (Wildman–Crippen LogP) is 3.94. The van der Waals surface area contributed by atoms with Gasteiger partial charge in [0.1, 0.15) is 0 Å².